The summed E-state index contributed by atoms with van der Waals surface area (Å²) >= 11 is 0. The molecule has 7 nitrogen and oxygen atoms in total. The molecule has 130 valence electrons. The van der Waals surface area contributed by atoms with Crippen LogP contribution in [0.5, 0.6) is 0 Å². The minimum Gasteiger partial charge on any atom is -0.373 e. The Morgan fingerprint density at radius 1 is 1.20 bits per heavy atom. The maximum atomic E-state index is 5.59. The molecule has 0 bridgehead atoms. The molecule has 0 saturated carbocycles. The number of aromatic nitrogens is 3. The highest BCUT2D eigenvalue weighted by molar-refractivity contribution is 5.94. The molecule has 0 radical (unpaired) electrons. The quantitative estimate of drug-likeness (QED) is 0.783. The first kappa shape index (κ1) is 16.0. The molecule has 0 aliphatic carbocycles. The predicted molar refractivity (Wildman–Crippen MR) is 95.1 cm³/mol. The number of fused-ring (bicyclic) bond motifs is 1. The fourth-order valence-electron chi connectivity index (χ4n) is 3.28. The third-order valence-electron chi connectivity index (χ3n) is 4.72. The number of hydrogen-bond donors (Lipinski definition) is 1. The van der Waals surface area contributed by atoms with Gasteiger partial charge in [0.15, 0.2) is 0 Å². The van der Waals surface area contributed by atoms with Crippen LogP contribution in [0, 0.1) is 0 Å². The van der Waals surface area contributed by atoms with Crippen LogP contribution in [0.4, 0.5) is 5.82 Å². The average molecular weight is 339 g/mol. The fourth-order valence-corrected chi connectivity index (χ4v) is 3.28. The van der Waals surface area contributed by atoms with Crippen molar-refractivity contribution in [2.75, 3.05) is 32.6 Å². The second kappa shape index (κ2) is 6.78. The number of nitrogens with one attached hydrogen (secondary N) is 1. The Bertz CT molecular complexity index is 871. The number of rotatable bonds is 4. The van der Waals surface area contributed by atoms with Crippen molar-refractivity contribution in [2.24, 2.45) is 0 Å². The van der Waals surface area contributed by atoms with Gasteiger partial charge in [0.05, 0.1) is 12.6 Å². The average Bonchev–Trinajstić information content (AvgIpc) is 3.17. The largest absolute Gasteiger partial charge is 0.373 e. The van der Waals surface area contributed by atoms with Crippen LogP contribution in [0.3, 0.4) is 0 Å². The van der Waals surface area contributed by atoms with Crippen LogP contribution in [-0.4, -0.2) is 47.4 Å². The topological polar surface area (TPSA) is 76.3 Å². The summed E-state index contributed by atoms with van der Waals surface area (Å²) in [6, 6.07) is 9.95. The molecule has 25 heavy (non-hydrogen) atoms. The van der Waals surface area contributed by atoms with Crippen molar-refractivity contribution in [1.29, 1.82) is 0 Å². The van der Waals surface area contributed by atoms with Gasteiger partial charge in [-0.3, -0.25) is 0 Å². The lowest BCUT2D eigenvalue weighted by atomic mass is 9.98. The number of hydroxylamine groups is 2. The molecule has 1 aliphatic rings. The summed E-state index contributed by atoms with van der Waals surface area (Å²) in [4.78, 5) is 14.5. The third-order valence-corrected chi connectivity index (χ3v) is 4.72. The molecule has 1 saturated heterocycles. The van der Waals surface area contributed by atoms with E-state index in [0.29, 0.717) is 11.7 Å². The van der Waals surface area contributed by atoms with Crippen molar-refractivity contribution in [2.45, 2.75) is 18.8 Å². The Hall–Kier alpha value is -2.51. The third kappa shape index (κ3) is 3.08. The molecule has 0 atom stereocenters. The number of hydrogen-bond acceptors (Lipinski definition) is 7. The Morgan fingerprint density at radius 3 is 2.76 bits per heavy atom. The van der Waals surface area contributed by atoms with E-state index in [9.17, 15) is 0 Å². The highest BCUT2D eigenvalue weighted by atomic mass is 16.7. The van der Waals surface area contributed by atoms with Crippen molar-refractivity contribution in [3.8, 4) is 11.4 Å². The summed E-state index contributed by atoms with van der Waals surface area (Å²) in [6.07, 6.45) is 1.91. The maximum Gasteiger partial charge on any atom is 0.230 e. The first-order valence-electron chi connectivity index (χ1n) is 8.49. The van der Waals surface area contributed by atoms with Crippen LogP contribution >= 0.6 is 0 Å². The second-order valence-corrected chi connectivity index (χ2v) is 6.16. The van der Waals surface area contributed by atoms with Crippen LogP contribution in [-0.2, 0) is 4.84 Å². The number of benzene rings is 1. The Kier molecular flexibility index (Phi) is 4.33. The molecule has 2 aromatic heterocycles. The molecule has 1 aromatic carbocycles. The minimum atomic E-state index is 0.282. The van der Waals surface area contributed by atoms with Gasteiger partial charge in [0, 0.05) is 37.0 Å². The lowest BCUT2D eigenvalue weighted by Crippen LogP contribution is -2.32. The molecular formula is C18H21N5O2. The zero-order chi connectivity index (χ0) is 17.2. The van der Waals surface area contributed by atoms with Crippen LogP contribution in [0.2, 0.25) is 0 Å². The standard InChI is InChI=1S/C18H21N5O2/c1-19-16-11-14(13-5-3-4-6-15(13)20-16)17-21-18(25-22-17)12-7-9-23(24-2)10-8-12/h3-6,11-12H,7-10H2,1-2H3,(H,19,20). The summed E-state index contributed by atoms with van der Waals surface area (Å²) < 4.78 is 5.59. The van der Waals surface area contributed by atoms with Gasteiger partial charge in [0.25, 0.3) is 0 Å². The number of anilines is 1. The number of para-hydroxylation sites is 1. The predicted octanol–water partition coefficient (Wildman–Crippen LogP) is 3.07. The Balaban J connectivity index is 1.67. The highest BCUT2D eigenvalue weighted by Crippen LogP contribution is 2.31. The van der Waals surface area contributed by atoms with E-state index in [2.05, 4.69) is 20.4 Å². The zero-order valence-corrected chi connectivity index (χ0v) is 14.4. The van der Waals surface area contributed by atoms with E-state index in [-0.39, 0.29) is 5.92 Å². The molecule has 1 N–H and O–H groups in total. The summed E-state index contributed by atoms with van der Waals surface area (Å²) in [7, 11) is 3.56. The van der Waals surface area contributed by atoms with E-state index in [0.717, 1.165) is 48.2 Å². The summed E-state index contributed by atoms with van der Waals surface area (Å²) in [5.41, 5.74) is 1.84. The molecule has 0 amide bonds. The highest BCUT2D eigenvalue weighted by Gasteiger charge is 2.26. The first-order valence-corrected chi connectivity index (χ1v) is 8.49. The minimum absolute atomic E-state index is 0.282. The van der Waals surface area contributed by atoms with E-state index in [1.54, 1.807) is 7.11 Å². The van der Waals surface area contributed by atoms with E-state index >= 15 is 0 Å². The molecule has 4 rings (SSSR count). The van der Waals surface area contributed by atoms with Crippen molar-refractivity contribution < 1.29 is 9.36 Å². The van der Waals surface area contributed by atoms with E-state index < -0.39 is 0 Å². The van der Waals surface area contributed by atoms with E-state index in [4.69, 9.17) is 9.36 Å². The van der Waals surface area contributed by atoms with Crippen LogP contribution in [0.1, 0.15) is 24.7 Å². The molecule has 1 aliphatic heterocycles. The van der Waals surface area contributed by atoms with Gasteiger partial charge in [0.1, 0.15) is 5.82 Å². The van der Waals surface area contributed by atoms with Gasteiger partial charge in [-0.05, 0) is 25.0 Å². The number of piperidine rings is 1. The van der Waals surface area contributed by atoms with Crippen LogP contribution in [0.15, 0.2) is 34.9 Å². The molecule has 3 heterocycles. The maximum absolute atomic E-state index is 5.59. The molecular weight excluding hydrogens is 318 g/mol. The molecule has 1 fully saturated rings. The van der Waals surface area contributed by atoms with Gasteiger partial charge < -0.3 is 14.7 Å². The molecule has 0 spiro atoms. The summed E-state index contributed by atoms with van der Waals surface area (Å²) in [5.74, 6) is 2.38. The summed E-state index contributed by atoms with van der Waals surface area (Å²) in [6.45, 7) is 1.75. The van der Waals surface area contributed by atoms with Gasteiger partial charge in [-0.25, -0.2) is 4.98 Å². The van der Waals surface area contributed by atoms with Gasteiger partial charge in [-0.15, -0.1) is 0 Å². The smallest absolute Gasteiger partial charge is 0.230 e. The van der Waals surface area contributed by atoms with Gasteiger partial charge >= 0.3 is 0 Å². The fraction of sp³-hybridized carbons (Fsp3) is 0.389. The zero-order valence-electron chi connectivity index (χ0n) is 14.4. The molecule has 3 aromatic rings. The van der Waals surface area contributed by atoms with Crippen molar-refractivity contribution in [3.63, 3.8) is 0 Å². The molecule has 7 heteroatoms. The van der Waals surface area contributed by atoms with E-state index in [1.165, 1.54) is 0 Å². The SMILES string of the molecule is CNc1cc(-c2noc(C3CCN(OC)CC3)n2)c2ccccc2n1. The van der Waals surface area contributed by atoms with Crippen molar-refractivity contribution >= 4 is 16.7 Å². The van der Waals surface area contributed by atoms with Crippen molar-refractivity contribution in [3.05, 3.63) is 36.2 Å². The lowest BCUT2D eigenvalue weighted by molar-refractivity contribution is -0.144. The number of pyridine rings is 1. The summed E-state index contributed by atoms with van der Waals surface area (Å²) in [5, 5.41) is 10.3. The van der Waals surface area contributed by atoms with Crippen LogP contribution < -0.4 is 5.32 Å². The number of nitrogens with zero attached hydrogens (tertiary/aromatic N) is 4. The van der Waals surface area contributed by atoms with Gasteiger partial charge in [-0.2, -0.15) is 10.0 Å². The normalized spacial score (nSPS) is 16.4. The second-order valence-electron chi connectivity index (χ2n) is 6.16. The lowest BCUT2D eigenvalue weighted by Gasteiger charge is -2.27. The Labute approximate surface area is 146 Å². The molecule has 0 unspecified atom stereocenters. The van der Waals surface area contributed by atoms with Gasteiger partial charge in [-0.1, -0.05) is 23.4 Å². The van der Waals surface area contributed by atoms with Crippen LogP contribution in [0.25, 0.3) is 22.3 Å². The Morgan fingerprint density at radius 2 is 2.00 bits per heavy atom. The monoisotopic (exact) mass is 339 g/mol. The van der Waals surface area contributed by atoms with Gasteiger partial charge in [0.2, 0.25) is 11.7 Å². The first-order chi connectivity index (χ1) is 12.3. The van der Waals surface area contributed by atoms with Crippen molar-refractivity contribution in [1.82, 2.24) is 20.2 Å². The van der Waals surface area contributed by atoms with E-state index in [1.807, 2.05) is 42.4 Å².